The predicted molar refractivity (Wildman–Crippen MR) is 246 cm³/mol. The van der Waals surface area contributed by atoms with Gasteiger partial charge in [-0.05, 0) is 57.8 Å². The van der Waals surface area contributed by atoms with Gasteiger partial charge in [0.15, 0.2) is 0 Å². The topological polar surface area (TPSA) is 95.9 Å². The van der Waals surface area contributed by atoms with E-state index in [9.17, 15) is 19.8 Å². The molecule has 2 unspecified atom stereocenters. The van der Waals surface area contributed by atoms with Crippen molar-refractivity contribution in [1.82, 2.24) is 5.32 Å². The Morgan fingerprint density at radius 1 is 0.474 bits per heavy atom. The van der Waals surface area contributed by atoms with Crippen LogP contribution >= 0.6 is 0 Å². The number of aliphatic hydroxyl groups excluding tert-OH is 2. The van der Waals surface area contributed by atoms with E-state index in [1.54, 1.807) is 6.08 Å². The van der Waals surface area contributed by atoms with Gasteiger partial charge in [0.25, 0.3) is 0 Å². The van der Waals surface area contributed by atoms with E-state index in [2.05, 4.69) is 31.3 Å². The van der Waals surface area contributed by atoms with Crippen molar-refractivity contribution in [1.29, 1.82) is 0 Å². The standard InChI is InChI=1S/C51H97NO5/c1-3-5-7-9-11-13-15-16-17-18-19-20-21-22-24-27-31-35-39-43-49(54)48(47-53)52-50(55)44-40-36-32-28-25-26-30-34-38-42-46-57-51(56)45-41-37-33-29-23-14-12-10-8-6-4-2/h26,30,39,43,48-49,53-54H,3-25,27-29,31-38,40-42,44-47H2,1-2H3,(H,52,55)/b30-26-,43-39+. The minimum atomic E-state index is -0.865. The van der Waals surface area contributed by atoms with Gasteiger partial charge in [-0.15, -0.1) is 0 Å². The molecule has 6 heteroatoms. The fourth-order valence-corrected chi connectivity index (χ4v) is 7.57. The van der Waals surface area contributed by atoms with Crippen LogP contribution in [0, 0.1) is 0 Å². The summed E-state index contributed by atoms with van der Waals surface area (Å²) in [5.41, 5.74) is 0. The Morgan fingerprint density at radius 3 is 1.25 bits per heavy atom. The van der Waals surface area contributed by atoms with Crippen LogP contribution in [0.15, 0.2) is 24.3 Å². The monoisotopic (exact) mass is 804 g/mol. The summed E-state index contributed by atoms with van der Waals surface area (Å²) in [5, 5.41) is 23.1. The van der Waals surface area contributed by atoms with E-state index >= 15 is 0 Å². The summed E-state index contributed by atoms with van der Waals surface area (Å²) in [4.78, 5) is 24.4. The fraction of sp³-hybridized carbons (Fsp3) is 0.882. The molecule has 0 saturated heterocycles. The lowest BCUT2D eigenvalue weighted by Crippen LogP contribution is -2.45. The predicted octanol–water partition coefficient (Wildman–Crippen LogP) is 14.7. The second-order valence-corrected chi connectivity index (χ2v) is 17.1. The summed E-state index contributed by atoms with van der Waals surface area (Å²) >= 11 is 0. The number of carbonyl (C=O) groups excluding carboxylic acids is 2. The lowest BCUT2D eigenvalue weighted by molar-refractivity contribution is -0.143. The molecule has 0 aliphatic rings. The van der Waals surface area contributed by atoms with Crippen LogP contribution in [-0.4, -0.2) is 47.4 Å². The van der Waals surface area contributed by atoms with E-state index in [-0.39, 0.29) is 18.5 Å². The van der Waals surface area contributed by atoms with Crippen LogP contribution in [0.2, 0.25) is 0 Å². The molecule has 0 spiro atoms. The number of hydrogen-bond acceptors (Lipinski definition) is 5. The molecule has 0 saturated carbocycles. The molecule has 0 aromatic rings. The Labute approximate surface area is 354 Å². The molecule has 6 nitrogen and oxygen atoms in total. The van der Waals surface area contributed by atoms with Crippen LogP contribution in [-0.2, 0) is 14.3 Å². The van der Waals surface area contributed by atoms with Crippen molar-refractivity contribution in [3.8, 4) is 0 Å². The molecule has 0 aliphatic heterocycles. The Morgan fingerprint density at radius 2 is 0.825 bits per heavy atom. The van der Waals surface area contributed by atoms with Gasteiger partial charge >= 0.3 is 5.97 Å². The van der Waals surface area contributed by atoms with Gasteiger partial charge in [0.1, 0.15) is 0 Å². The van der Waals surface area contributed by atoms with Gasteiger partial charge in [0.2, 0.25) is 5.91 Å². The van der Waals surface area contributed by atoms with Gasteiger partial charge in [-0.25, -0.2) is 0 Å². The van der Waals surface area contributed by atoms with Crippen molar-refractivity contribution in [3.63, 3.8) is 0 Å². The van der Waals surface area contributed by atoms with Crippen LogP contribution in [0.25, 0.3) is 0 Å². The molecule has 0 aromatic heterocycles. The molecule has 0 radical (unpaired) electrons. The van der Waals surface area contributed by atoms with Crippen molar-refractivity contribution in [2.24, 2.45) is 0 Å². The van der Waals surface area contributed by atoms with Gasteiger partial charge in [0, 0.05) is 12.8 Å². The lowest BCUT2D eigenvalue weighted by atomic mass is 10.0. The fourth-order valence-electron chi connectivity index (χ4n) is 7.57. The third kappa shape index (κ3) is 43.7. The highest BCUT2D eigenvalue weighted by Gasteiger charge is 2.18. The summed E-state index contributed by atoms with van der Waals surface area (Å²) in [6.45, 7) is 4.81. The summed E-state index contributed by atoms with van der Waals surface area (Å²) in [5.74, 6) is -0.141. The largest absolute Gasteiger partial charge is 0.466 e. The minimum Gasteiger partial charge on any atom is -0.466 e. The first kappa shape index (κ1) is 55.3. The van der Waals surface area contributed by atoms with Gasteiger partial charge < -0.3 is 20.3 Å². The molecular formula is C51H97NO5. The highest BCUT2D eigenvalue weighted by atomic mass is 16.5. The average molecular weight is 804 g/mol. The quantitative estimate of drug-likeness (QED) is 0.0324. The Balaban J connectivity index is 3.58. The summed E-state index contributed by atoms with van der Waals surface area (Å²) in [7, 11) is 0. The van der Waals surface area contributed by atoms with Crippen molar-refractivity contribution in [3.05, 3.63) is 24.3 Å². The summed E-state index contributed by atoms with van der Waals surface area (Å²) < 4.78 is 5.41. The molecule has 57 heavy (non-hydrogen) atoms. The van der Waals surface area contributed by atoms with E-state index < -0.39 is 12.1 Å². The van der Waals surface area contributed by atoms with E-state index in [4.69, 9.17) is 4.74 Å². The summed E-state index contributed by atoms with van der Waals surface area (Å²) in [6, 6.07) is -0.652. The molecular weight excluding hydrogens is 707 g/mol. The number of hydrogen-bond donors (Lipinski definition) is 3. The van der Waals surface area contributed by atoms with Crippen molar-refractivity contribution in [2.45, 2.75) is 276 Å². The van der Waals surface area contributed by atoms with E-state index in [0.29, 0.717) is 19.4 Å². The number of nitrogens with one attached hydrogen (secondary N) is 1. The molecule has 0 heterocycles. The molecule has 336 valence electrons. The smallest absolute Gasteiger partial charge is 0.305 e. The first-order chi connectivity index (χ1) is 28.0. The lowest BCUT2D eigenvalue weighted by Gasteiger charge is -2.20. The van der Waals surface area contributed by atoms with Gasteiger partial charge in [-0.1, -0.05) is 218 Å². The first-order valence-corrected chi connectivity index (χ1v) is 25.1. The van der Waals surface area contributed by atoms with Gasteiger partial charge in [-0.3, -0.25) is 9.59 Å². The highest BCUT2D eigenvalue weighted by Crippen LogP contribution is 2.16. The van der Waals surface area contributed by atoms with Crippen LogP contribution in [0.3, 0.4) is 0 Å². The summed E-state index contributed by atoms with van der Waals surface area (Å²) in [6.07, 6.45) is 54.6. The second-order valence-electron chi connectivity index (χ2n) is 17.1. The van der Waals surface area contributed by atoms with Crippen molar-refractivity contribution < 1.29 is 24.5 Å². The Kier molecular flexibility index (Phi) is 45.7. The maximum Gasteiger partial charge on any atom is 0.305 e. The van der Waals surface area contributed by atoms with Gasteiger partial charge in [0.05, 0.1) is 25.4 Å². The normalized spacial score (nSPS) is 12.8. The van der Waals surface area contributed by atoms with Crippen molar-refractivity contribution in [2.75, 3.05) is 13.2 Å². The zero-order valence-electron chi connectivity index (χ0n) is 38.1. The highest BCUT2D eigenvalue weighted by molar-refractivity contribution is 5.76. The maximum absolute atomic E-state index is 12.4. The number of amides is 1. The molecule has 0 aliphatic carbocycles. The third-order valence-electron chi connectivity index (χ3n) is 11.5. The zero-order valence-corrected chi connectivity index (χ0v) is 38.1. The van der Waals surface area contributed by atoms with Crippen LogP contribution in [0.1, 0.15) is 264 Å². The zero-order chi connectivity index (χ0) is 41.5. The first-order valence-electron chi connectivity index (χ1n) is 25.1. The van der Waals surface area contributed by atoms with E-state index in [0.717, 1.165) is 77.0 Å². The minimum absolute atomic E-state index is 0.0388. The second kappa shape index (κ2) is 47.0. The maximum atomic E-state index is 12.4. The number of esters is 1. The van der Waals surface area contributed by atoms with Crippen LogP contribution in [0.4, 0.5) is 0 Å². The molecule has 0 fully saturated rings. The van der Waals surface area contributed by atoms with E-state index in [1.807, 2.05) is 6.08 Å². The number of ether oxygens (including phenoxy) is 1. The van der Waals surface area contributed by atoms with Crippen LogP contribution < -0.4 is 5.32 Å². The average Bonchev–Trinajstić information content (AvgIpc) is 3.21. The molecule has 3 N–H and O–H groups in total. The van der Waals surface area contributed by atoms with E-state index in [1.165, 1.54) is 161 Å². The van der Waals surface area contributed by atoms with Crippen LogP contribution in [0.5, 0.6) is 0 Å². The van der Waals surface area contributed by atoms with Gasteiger partial charge in [-0.2, -0.15) is 0 Å². The number of aliphatic hydroxyl groups is 2. The number of unbranched alkanes of at least 4 members (excludes halogenated alkanes) is 33. The molecule has 0 bridgehead atoms. The number of carbonyl (C=O) groups is 2. The molecule has 1 amide bonds. The SMILES string of the molecule is CCCCCCCCCCCCCCCCCCC/C=C/C(O)C(CO)NC(=O)CCCCCC/C=C\CCCCOC(=O)CCCCCCCCCCCCC. The Hall–Kier alpha value is -1.66. The molecule has 0 aromatic carbocycles. The van der Waals surface area contributed by atoms with Crippen molar-refractivity contribution >= 4 is 11.9 Å². The Bertz CT molecular complexity index is 889. The molecule has 2 atom stereocenters. The number of allylic oxidation sites excluding steroid dienone is 3. The third-order valence-corrected chi connectivity index (χ3v) is 11.5. The number of rotatable bonds is 46. The molecule has 0 rings (SSSR count).